The summed E-state index contributed by atoms with van der Waals surface area (Å²) in [4.78, 5) is 3.71. The van der Waals surface area contributed by atoms with Crippen molar-refractivity contribution in [1.82, 2.24) is 4.98 Å². The molecular weight excluding hydrogens is 257 g/mol. The lowest BCUT2D eigenvalue weighted by atomic mass is 10.2. The summed E-state index contributed by atoms with van der Waals surface area (Å²) < 4.78 is 42.3. The van der Waals surface area contributed by atoms with E-state index in [0.29, 0.717) is 17.1 Å². The number of aromatic nitrogens is 1. The second-order valence-electron chi connectivity index (χ2n) is 3.89. The number of nitrogen functional groups attached to an aromatic ring is 1. The van der Waals surface area contributed by atoms with Crippen LogP contribution in [0.15, 0.2) is 42.6 Å². The molecule has 0 bridgehead atoms. The van der Waals surface area contributed by atoms with E-state index in [-0.39, 0.29) is 6.61 Å². The molecule has 2 rings (SSSR count). The first-order chi connectivity index (χ1) is 8.95. The first-order valence-electron chi connectivity index (χ1n) is 5.45. The molecule has 0 saturated carbocycles. The topological polar surface area (TPSA) is 48.1 Å². The Morgan fingerprint density at radius 1 is 1.05 bits per heavy atom. The number of pyridine rings is 1. The maximum atomic E-state index is 12.3. The van der Waals surface area contributed by atoms with Crippen LogP contribution in [0.25, 0.3) is 0 Å². The minimum Gasteiger partial charge on any atom is -0.487 e. The molecule has 2 aromatic rings. The molecule has 0 aliphatic rings. The molecule has 0 radical (unpaired) electrons. The number of alkyl halides is 3. The van der Waals surface area contributed by atoms with E-state index >= 15 is 0 Å². The molecule has 0 fully saturated rings. The predicted octanol–water partition coefficient (Wildman–Crippen LogP) is 3.26. The minimum atomic E-state index is -4.37. The van der Waals surface area contributed by atoms with Gasteiger partial charge in [-0.15, -0.1) is 0 Å². The van der Waals surface area contributed by atoms with E-state index in [0.717, 1.165) is 12.3 Å². The van der Waals surface area contributed by atoms with Crippen molar-refractivity contribution in [3.05, 3.63) is 53.9 Å². The van der Waals surface area contributed by atoms with E-state index in [9.17, 15) is 13.2 Å². The van der Waals surface area contributed by atoms with Gasteiger partial charge in [0, 0.05) is 11.9 Å². The third-order valence-corrected chi connectivity index (χ3v) is 2.42. The van der Waals surface area contributed by atoms with Gasteiger partial charge in [-0.05, 0) is 36.4 Å². The number of halogens is 3. The van der Waals surface area contributed by atoms with Crippen LogP contribution in [0.2, 0.25) is 0 Å². The highest BCUT2D eigenvalue weighted by atomic mass is 19.4. The van der Waals surface area contributed by atoms with Crippen LogP contribution in [-0.2, 0) is 12.8 Å². The van der Waals surface area contributed by atoms with Gasteiger partial charge < -0.3 is 10.5 Å². The zero-order valence-corrected chi connectivity index (χ0v) is 9.82. The molecule has 1 heterocycles. The van der Waals surface area contributed by atoms with Gasteiger partial charge in [0.05, 0.1) is 11.3 Å². The molecule has 1 aromatic carbocycles. The lowest BCUT2D eigenvalue weighted by molar-refractivity contribution is -0.137. The van der Waals surface area contributed by atoms with Crippen LogP contribution < -0.4 is 10.5 Å². The van der Waals surface area contributed by atoms with E-state index in [1.807, 2.05) is 0 Å². The van der Waals surface area contributed by atoms with Crippen molar-refractivity contribution in [1.29, 1.82) is 0 Å². The molecule has 0 unspecified atom stereocenters. The van der Waals surface area contributed by atoms with Crippen LogP contribution >= 0.6 is 0 Å². The molecule has 3 nitrogen and oxygen atoms in total. The van der Waals surface area contributed by atoms with Crippen LogP contribution in [0.3, 0.4) is 0 Å². The molecule has 6 heteroatoms. The summed E-state index contributed by atoms with van der Waals surface area (Å²) in [5.74, 6) is 0.580. The van der Waals surface area contributed by atoms with Gasteiger partial charge >= 0.3 is 6.18 Å². The highest BCUT2D eigenvalue weighted by molar-refractivity contribution is 5.41. The summed E-state index contributed by atoms with van der Waals surface area (Å²) in [5.41, 5.74) is 5.77. The Hall–Kier alpha value is -2.24. The quantitative estimate of drug-likeness (QED) is 0.869. The predicted molar refractivity (Wildman–Crippen MR) is 64.4 cm³/mol. The molecular formula is C13H11F3N2O. The number of ether oxygens (including phenoxy) is 1. The van der Waals surface area contributed by atoms with Gasteiger partial charge in [0.15, 0.2) is 0 Å². The first-order valence-corrected chi connectivity index (χ1v) is 5.45. The molecule has 0 amide bonds. The van der Waals surface area contributed by atoms with Crippen molar-refractivity contribution in [2.24, 2.45) is 0 Å². The normalized spacial score (nSPS) is 11.3. The number of hydrogen-bond donors (Lipinski definition) is 1. The Morgan fingerprint density at radius 3 is 2.26 bits per heavy atom. The van der Waals surface area contributed by atoms with Crippen molar-refractivity contribution in [3.8, 4) is 5.75 Å². The smallest absolute Gasteiger partial charge is 0.417 e. The highest BCUT2D eigenvalue weighted by Gasteiger charge is 2.30. The molecule has 100 valence electrons. The Labute approximate surface area is 107 Å². The van der Waals surface area contributed by atoms with Crippen LogP contribution in [0, 0.1) is 0 Å². The minimum absolute atomic E-state index is 0.0993. The van der Waals surface area contributed by atoms with Crippen LogP contribution in [0.4, 0.5) is 18.9 Å². The second-order valence-corrected chi connectivity index (χ2v) is 3.89. The van der Waals surface area contributed by atoms with Gasteiger partial charge in [-0.25, -0.2) is 0 Å². The molecule has 1 aromatic heterocycles. The summed E-state index contributed by atoms with van der Waals surface area (Å²) in [6, 6.07) is 8.98. The number of anilines is 1. The molecule has 0 spiro atoms. The summed E-state index contributed by atoms with van der Waals surface area (Å²) in [5, 5.41) is 0. The Kier molecular flexibility index (Phi) is 3.59. The molecule has 19 heavy (non-hydrogen) atoms. The average molecular weight is 268 g/mol. The van der Waals surface area contributed by atoms with Crippen LogP contribution in [0.5, 0.6) is 5.75 Å². The number of nitrogens with zero attached hydrogens (tertiary/aromatic N) is 1. The van der Waals surface area contributed by atoms with Crippen LogP contribution in [-0.4, -0.2) is 4.98 Å². The fourth-order valence-corrected chi connectivity index (χ4v) is 1.40. The van der Waals surface area contributed by atoms with E-state index in [1.165, 1.54) is 6.07 Å². The molecule has 0 aliphatic carbocycles. The van der Waals surface area contributed by atoms with Crippen molar-refractivity contribution in [3.63, 3.8) is 0 Å². The maximum absolute atomic E-state index is 12.3. The van der Waals surface area contributed by atoms with E-state index in [2.05, 4.69) is 4.98 Å². The van der Waals surface area contributed by atoms with Crippen molar-refractivity contribution in [2.75, 3.05) is 5.73 Å². The number of nitrogens with two attached hydrogens (primary N) is 1. The fourth-order valence-electron chi connectivity index (χ4n) is 1.40. The Morgan fingerprint density at radius 2 is 1.74 bits per heavy atom. The SMILES string of the molecule is Nc1ccc(OCc2ccc(C(F)(F)F)cn2)cc1. The van der Waals surface area contributed by atoms with Crippen molar-refractivity contribution >= 4 is 5.69 Å². The molecule has 0 aliphatic heterocycles. The van der Waals surface area contributed by atoms with Gasteiger partial charge in [0.2, 0.25) is 0 Å². The monoisotopic (exact) mass is 268 g/mol. The summed E-state index contributed by atoms with van der Waals surface area (Å²) in [6.07, 6.45) is -3.58. The lowest BCUT2D eigenvalue weighted by Gasteiger charge is -2.08. The van der Waals surface area contributed by atoms with Gasteiger partial charge in [0.1, 0.15) is 12.4 Å². The average Bonchev–Trinajstić information content (AvgIpc) is 2.37. The zero-order valence-electron chi connectivity index (χ0n) is 9.82. The van der Waals surface area contributed by atoms with E-state index in [4.69, 9.17) is 10.5 Å². The molecule has 0 atom stereocenters. The third-order valence-electron chi connectivity index (χ3n) is 2.42. The standard InChI is InChI=1S/C13H11F3N2O/c14-13(15,16)9-1-4-11(18-7-9)8-19-12-5-2-10(17)3-6-12/h1-7H,8,17H2. The second kappa shape index (κ2) is 5.17. The van der Waals surface area contributed by atoms with Gasteiger partial charge in [-0.3, -0.25) is 4.98 Å². The summed E-state index contributed by atoms with van der Waals surface area (Å²) >= 11 is 0. The zero-order chi connectivity index (χ0) is 13.9. The van der Waals surface area contributed by atoms with Crippen molar-refractivity contribution < 1.29 is 17.9 Å². The Bertz CT molecular complexity index is 535. The number of rotatable bonds is 3. The van der Waals surface area contributed by atoms with Crippen LogP contribution in [0.1, 0.15) is 11.3 Å². The van der Waals surface area contributed by atoms with E-state index < -0.39 is 11.7 Å². The van der Waals surface area contributed by atoms with Gasteiger partial charge in [-0.1, -0.05) is 0 Å². The highest BCUT2D eigenvalue weighted by Crippen LogP contribution is 2.28. The van der Waals surface area contributed by atoms with Crippen molar-refractivity contribution in [2.45, 2.75) is 12.8 Å². The van der Waals surface area contributed by atoms with Gasteiger partial charge in [0.25, 0.3) is 0 Å². The third kappa shape index (κ3) is 3.61. The number of hydrogen-bond acceptors (Lipinski definition) is 3. The first kappa shape index (κ1) is 13.2. The maximum Gasteiger partial charge on any atom is 0.417 e. The lowest BCUT2D eigenvalue weighted by Crippen LogP contribution is -2.06. The van der Waals surface area contributed by atoms with Gasteiger partial charge in [-0.2, -0.15) is 13.2 Å². The van der Waals surface area contributed by atoms with E-state index in [1.54, 1.807) is 24.3 Å². The largest absolute Gasteiger partial charge is 0.487 e. The Balaban J connectivity index is 1.98. The fraction of sp³-hybridized carbons (Fsp3) is 0.154. The number of benzene rings is 1. The molecule has 2 N–H and O–H groups in total. The summed E-state index contributed by atoms with van der Waals surface area (Å²) in [6.45, 7) is 0.0993. The summed E-state index contributed by atoms with van der Waals surface area (Å²) in [7, 11) is 0. The molecule has 0 saturated heterocycles.